The molecule has 0 aliphatic rings. The van der Waals surface area contributed by atoms with Crippen LogP contribution in [0.4, 0.5) is 5.69 Å². The number of anilines is 1. The van der Waals surface area contributed by atoms with Gasteiger partial charge in [0.25, 0.3) is 15.9 Å². The molecule has 0 fully saturated rings. The molecular weight excluding hydrogens is 332 g/mol. The largest absolute Gasteiger partial charge is 0.355 e. The highest BCUT2D eigenvalue weighted by atomic mass is 32.2. The van der Waals surface area contributed by atoms with Gasteiger partial charge < -0.3 is 15.3 Å². The molecule has 0 aliphatic carbocycles. The monoisotopic (exact) mass is 346 g/mol. The Hall–Kier alpha value is -3.07. The van der Waals surface area contributed by atoms with E-state index in [-0.39, 0.29) is 10.8 Å². The molecular formula is C15H14N4O4S. The Bertz CT molecular complexity index is 1060. The van der Waals surface area contributed by atoms with Gasteiger partial charge >= 0.3 is 5.69 Å². The summed E-state index contributed by atoms with van der Waals surface area (Å²) in [7, 11) is -2.31. The number of fused-ring (bicyclic) bond motifs is 1. The van der Waals surface area contributed by atoms with Crippen LogP contribution in [0.25, 0.3) is 11.0 Å². The highest BCUT2D eigenvalue weighted by Gasteiger charge is 2.15. The molecule has 2 aromatic carbocycles. The van der Waals surface area contributed by atoms with Crippen molar-refractivity contribution in [1.29, 1.82) is 0 Å². The lowest BCUT2D eigenvalue weighted by atomic mass is 10.2. The fraction of sp³-hybridized carbons (Fsp3) is 0.0667. The fourth-order valence-corrected chi connectivity index (χ4v) is 3.31. The molecule has 4 N–H and O–H groups in total. The third kappa shape index (κ3) is 3.01. The summed E-state index contributed by atoms with van der Waals surface area (Å²) in [5.74, 6) is -0.258. The summed E-state index contributed by atoms with van der Waals surface area (Å²) < 4.78 is 27.3. The Balaban J connectivity index is 1.89. The summed E-state index contributed by atoms with van der Waals surface area (Å²) in [5.41, 5.74) is 1.26. The van der Waals surface area contributed by atoms with E-state index in [0.717, 1.165) is 0 Å². The third-order valence-corrected chi connectivity index (χ3v) is 4.80. The molecule has 9 heteroatoms. The predicted octanol–water partition coefficient (Wildman–Crippen LogP) is 1.02. The minimum absolute atomic E-state index is 0.0145. The summed E-state index contributed by atoms with van der Waals surface area (Å²) >= 11 is 0. The first kappa shape index (κ1) is 15.8. The van der Waals surface area contributed by atoms with Crippen LogP contribution in [-0.2, 0) is 10.0 Å². The standard InChI is InChI=1S/C15H14N4O4S/c1-16-14(20)9-2-4-10(5-3-9)19-24(22,23)11-6-7-12-13(8-11)18-15(21)17-12/h2-8,19H,1H3,(H,16,20)(H2,17,18,21). The molecule has 0 saturated carbocycles. The van der Waals surface area contributed by atoms with Crippen LogP contribution < -0.4 is 15.7 Å². The highest BCUT2D eigenvalue weighted by molar-refractivity contribution is 7.92. The van der Waals surface area contributed by atoms with E-state index in [1.54, 1.807) is 0 Å². The molecule has 0 saturated heterocycles. The van der Waals surface area contributed by atoms with Crippen LogP contribution >= 0.6 is 0 Å². The van der Waals surface area contributed by atoms with Crippen LogP contribution in [0.5, 0.6) is 0 Å². The molecule has 0 aliphatic heterocycles. The van der Waals surface area contributed by atoms with Gasteiger partial charge in [0.2, 0.25) is 0 Å². The second-order valence-corrected chi connectivity index (χ2v) is 6.73. The molecule has 1 amide bonds. The lowest BCUT2D eigenvalue weighted by Crippen LogP contribution is -2.18. The quantitative estimate of drug-likeness (QED) is 0.563. The smallest absolute Gasteiger partial charge is 0.323 e. The van der Waals surface area contributed by atoms with Crippen molar-refractivity contribution in [3.05, 3.63) is 58.5 Å². The number of hydrogen-bond donors (Lipinski definition) is 4. The van der Waals surface area contributed by atoms with Crippen molar-refractivity contribution in [3.63, 3.8) is 0 Å². The maximum Gasteiger partial charge on any atom is 0.323 e. The van der Waals surface area contributed by atoms with Gasteiger partial charge in [0.15, 0.2) is 0 Å². The van der Waals surface area contributed by atoms with Crippen LogP contribution in [0.3, 0.4) is 0 Å². The van der Waals surface area contributed by atoms with E-state index in [0.29, 0.717) is 22.3 Å². The number of benzene rings is 2. The van der Waals surface area contributed by atoms with E-state index >= 15 is 0 Å². The normalized spacial score (nSPS) is 11.4. The number of aromatic amines is 2. The average molecular weight is 346 g/mol. The van der Waals surface area contributed by atoms with Gasteiger partial charge in [-0.05, 0) is 42.5 Å². The summed E-state index contributed by atoms with van der Waals surface area (Å²) in [4.78, 5) is 27.8. The molecule has 24 heavy (non-hydrogen) atoms. The lowest BCUT2D eigenvalue weighted by molar-refractivity contribution is 0.0963. The second-order valence-electron chi connectivity index (χ2n) is 5.05. The van der Waals surface area contributed by atoms with Crippen molar-refractivity contribution >= 4 is 32.7 Å². The number of imidazole rings is 1. The number of rotatable bonds is 4. The first-order valence-electron chi connectivity index (χ1n) is 6.96. The molecule has 1 heterocycles. The summed E-state index contributed by atoms with van der Waals surface area (Å²) in [5, 5.41) is 2.48. The number of amides is 1. The van der Waals surface area contributed by atoms with Crippen LogP contribution in [0.2, 0.25) is 0 Å². The van der Waals surface area contributed by atoms with Crippen LogP contribution in [0.1, 0.15) is 10.4 Å². The van der Waals surface area contributed by atoms with E-state index in [9.17, 15) is 18.0 Å². The zero-order chi connectivity index (χ0) is 17.3. The van der Waals surface area contributed by atoms with Crippen molar-refractivity contribution in [2.75, 3.05) is 11.8 Å². The SMILES string of the molecule is CNC(=O)c1ccc(NS(=O)(=O)c2ccc3[nH]c(=O)[nH]c3c2)cc1. The van der Waals surface area contributed by atoms with Gasteiger partial charge in [-0.15, -0.1) is 0 Å². The van der Waals surface area contributed by atoms with Crippen molar-refractivity contribution in [1.82, 2.24) is 15.3 Å². The van der Waals surface area contributed by atoms with Gasteiger partial charge in [-0.3, -0.25) is 9.52 Å². The van der Waals surface area contributed by atoms with Crippen LogP contribution in [-0.4, -0.2) is 31.3 Å². The minimum atomic E-state index is -3.82. The predicted molar refractivity (Wildman–Crippen MR) is 89.6 cm³/mol. The Kier molecular flexibility index (Phi) is 3.86. The molecule has 0 spiro atoms. The van der Waals surface area contributed by atoms with E-state index in [1.165, 1.54) is 49.5 Å². The Morgan fingerprint density at radius 2 is 1.67 bits per heavy atom. The molecule has 3 rings (SSSR count). The van der Waals surface area contributed by atoms with Crippen molar-refractivity contribution in [3.8, 4) is 0 Å². The molecule has 0 bridgehead atoms. The molecule has 0 radical (unpaired) electrons. The summed E-state index contributed by atoms with van der Waals surface area (Å²) in [6, 6.07) is 10.3. The summed E-state index contributed by atoms with van der Waals surface area (Å²) in [6.45, 7) is 0. The van der Waals surface area contributed by atoms with E-state index in [4.69, 9.17) is 0 Å². The molecule has 124 valence electrons. The van der Waals surface area contributed by atoms with E-state index in [1.807, 2.05) is 0 Å². The van der Waals surface area contributed by atoms with Gasteiger partial charge in [0.1, 0.15) is 0 Å². The van der Waals surface area contributed by atoms with Crippen LogP contribution in [0.15, 0.2) is 52.2 Å². The first-order valence-corrected chi connectivity index (χ1v) is 8.44. The highest BCUT2D eigenvalue weighted by Crippen LogP contribution is 2.19. The van der Waals surface area contributed by atoms with Gasteiger partial charge in [0.05, 0.1) is 15.9 Å². The van der Waals surface area contributed by atoms with Crippen LogP contribution in [0, 0.1) is 0 Å². The van der Waals surface area contributed by atoms with Crippen molar-refractivity contribution in [2.45, 2.75) is 4.90 Å². The molecule has 0 atom stereocenters. The second kappa shape index (κ2) is 5.85. The fourth-order valence-electron chi connectivity index (χ4n) is 2.23. The topological polar surface area (TPSA) is 124 Å². The Morgan fingerprint density at radius 3 is 2.33 bits per heavy atom. The van der Waals surface area contributed by atoms with Crippen molar-refractivity contribution < 1.29 is 13.2 Å². The maximum absolute atomic E-state index is 12.4. The third-order valence-electron chi connectivity index (χ3n) is 3.42. The van der Waals surface area contributed by atoms with Gasteiger partial charge in [-0.1, -0.05) is 0 Å². The number of nitrogens with one attached hydrogen (secondary N) is 4. The number of sulfonamides is 1. The number of carbonyl (C=O) groups excluding carboxylic acids is 1. The number of carbonyl (C=O) groups is 1. The molecule has 0 unspecified atom stereocenters. The minimum Gasteiger partial charge on any atom is -0.355 e. The Morgan fingerprint density at radius 1 is 1.00 bits per heavy atom. The zero-order valence-electron chi connectivity index (χ0n) is 12.6. The van der Waals surface area contributed by atoms with E-state index < -0.39 is 15.7 Å². The molecule has 1 aromatic heterocycles. The molecule has 3 aromatic rings. The maximum atomic E-state index is 12.4. The molecule has 8 nitrogen and oxygen atoms in total. The number of H-pyrrole nitrogens is 2. The number of hydrogen-bond acceptors (Lipinski definition) is 4. The van der Waals surface area contributed by atoms with Gasteiger partial charge in [0, 0.05) is 18.3 Å². The zero-order valence-corrected chi connectivity index (χ0v) is 13.4. The summed E-state index contributed by atoms with van der Waals surface area (Å²) in [6.07, 6.45) is 0. The van der Waals surface area contributed by atoms with Gasteiger partial charge in [-0.2, -0.15) is 0 Å². The van der Waals surface area contributed by atoms with E-state index in [2.05, 4.69) is 20.0 Å². The average Bonchev–Trinajstić information content (AvgIpc) is 2.93. The Labute approximate surface area is 137 Å². The lowest BCUT2D eigenvalue weighted by Gasteiger charge is -2.09. The van der Waals surface area contributed by atoms with Crippen molar-refractivity contribution in [2.24, 2.45) is 0 Å². The first-order chi connectivity index (χ1) is 11.4. The number of aromatic nitrogens is 2. The van der Waals surface area contributed by atoms with Gasteiger partial charge in [-0.25, -0.2) is 13.2 Å².